The summed E-state index contributed by atoms with van der Waals surface area (Å²) < 4.78 is 10.5. The minimum atomic E-state index is -0.287. The Labute approximate surface area is 152 Å². The van der Waals surface area contributed by atoms with Gasteiger partial charge in [0, 0.05) is 18.7 Å². The predicted molar refractivity (Wildman–Crippen MR) is 99.7 cm³/mol. The van der Waals surface area contributed by atoms with E-state index < -0.39 is 0 Å². The van der Waals surface area contributed by atoms with Gasteiger partial charge >= 0.3 is 0 Å². The fourth-order valence-electron chi connectivity index (χ4n) is 2.46. The maximum Gasteiger partial charge on any atom is 0.253 e. The van der Waals surface area contributed by atoms with Gasteiger partial charge in [0.2, 0.25) is 5.91 Å². The summed E-state index contributed by atoms with van der Waals surface area (Å²) in [6.45, 7) is 0.706. The van der Waals surface area contributed by atoms with E-state index in [1.54, 1.807) is 56.7 Å². The lowest BCUT2D eigenvalue weighted by molar-refractivity contribution is -0.115. The van der Waals surface area contributed by atoms with Crippen molar-refractivity contribution >= 4 is 17.5 Å². The summed E-state index contributed by atoms with van der Waals surface area (Å²) in [5.74, 6) is 0.672. The summed E-state index contributed by atoms with van der Waals surface area (Å²) in [6.07, 6.45) is 0.0825. The number of ether oxygens (including phenoxy) is 2. The van der Waals surface area contributed by atoms with Crippen molar-refractivity contribution in [3.63, 3.8) is 0 Å². The molecule has 0 atom stereocenters. The van der Waals surface area contributed by atoms with Crippen LogP contribution in [0, 0.1) is 0 Å². The van der Waals surface area contributed by atoms with Gasteiger partial charge in [0.15, 0.2) is 0 Å². The number of hydrogen-bond donors (Lipinski definition) is 3. The summed E-state index contributed by atoms with van der Waals surface area (Å²) in [5, 5.41) is 5.47. The molecule has 2 amide bonds. The van der Waals surface area contributed by atoms with Crippen LogP contribution < -0.4 is 25.8 Å². The molecule has 4 N–H and O–H groups in total. The third kappa shape index (κ3) is 4.97. The van der Waals surface area contributed by atoms with E-state index in [4.69, 9.17) is 15.2 Å². The largest absolute Gasteiger partial charge is 0.497 e. The van der Waals surface area contributed by atoms with Gasteiger partial charge in [-0.05, 0) is 30.3 Å². The van der Waals surface area contributed by atoms with Crippen LogP contribution in [0.4, 0.5) is 5.69 Å². The van der Waals surface area contributed by atoms with Crippen molar-refractivity contribution in [1.82, 2.24) is 5.32 Å². The third-order valence-electron chi connectivity index (χ3n) is 3.71. The van der Waals surface area contributed by atoms with Crippen LogP contribution in [0.1, 0.15) is 15.9 Å². The first-order valence-electron chi connectivity index (χ1n) is 8.17. The number of anilines is 1. The molecular weight excluding hydrogens is 334 g/mol. The molecule has 7 heteroatoms. The molecule has 0 saturated heterocycles. The first kappa shape index (κ1) is 19.3. The summed E-state index contributed by atoms with van der Waals surface area (Å²) >= 11 is 0. The Morgan fingerprint density at radius 2 is 1.85 bits per heavy atom. The molecule has 0 spiro atoms. The van der Waals surface area contributed by atoms with Gasteiger partial charge in [-0.2, -0.15) is 0 Å². The summed E-state index contributed by atoms with van der Waals surface area (Å²) in [4.78, 5) is 24.7. The molecule has 2 aromatic carbocycles. The fourth-order valence-corrected chi connectivity index (χ4v) is 2.46. The van der Waals surface area contributed by atoms with Crippen molar-refractivity contribution in [3.05, 3.63) is 53.6 Å². The Morgan fingerprint density at radius 3 is 2.54 bits per heavy atom. The highest BCUT2D eigenvalue weighted by Crippen LogP contribution is 2.25. The number of methoxy groups -OCH3 is 2. The van der Waals surface area contributed by atoms with Crippen molar-refractivity contribution in [2.75, 3.05) is 32.6 Å². The standard InChI is InChI=1S/C19H23N3O4/c1-25-14-7-8-17(26-2)13(11-14)12-18(23)22-16-6-4-3-5-15(16)19(24)21-10-9-20/h3-8,11H,9-10,12,20H2,1-2H3,(H,21,24)(H,22,23). The molecule has 0 aliphatic carbocycles. The maximum atomic E-state index is 12.5. The molecule has 0 aromatic heterocycles. The van der Waals surface area contributed by atoms with Gasteiger partial charge in [0.05, 0.1) is 31.9 Å². The van der Waals surface area contributed by atoms with E-state index >= 15 is 0 Å². The molecular formula is C19H23N3O4. The summed E-state index contributed by atoms with van der Waals surface area (Å²) in [6, 6.07) is 12.1. The molecule has 0 heterocycles. The second-order valence-electron chi connectivity index (χ2n) is 5.49. The average Bonchev–Trinajstić information content (AvgIpc) is 2.66. The first-order valence-corrected chi connectivity index (χ1v) is 8.17. The van der Waals surface area contributed by atoms with Crippen molar-refractivity contribution in [1.29, 1.82) is 0 Å². The molecule has 0 saturated carbocycles. The Hall–Kier alpha value is -3.06. The molecule has 0 aliphatic rings. The van der Waals surface area contributed by atoms with Crippen molar-refractivity contribution in [2.45, 2.75) is 6.42 Å². The molecule has 138 valence electrons. The molecule has 2 rings (SSSR count). The zero-order valence-electron chi connectivity index (χ0n) is 14.9. The second kappa shape index (κ2) is 9.43. The highest BCUT2D eigenvalue weighted by Gasteiger charge is 2.15. The van der Waals surface area contributed by atoms with E-state index in [2.05, 4.69) is 10.6 Å². The van der Waals surface area contributed by atoms with Gasteiger partial charge in [-0.1, -0.05) is 12.1 Å². The topological polar surface area (TPSA) is 103 Å². The van der Waals surface area contributed by atoms with Crippen LogP contribution in [-0.4, -0.2) is 39.1 Å². The molecule has 0 unspecified atom stereocenters. The van der Waals surface area contributed by atoms with E-state index in [0.29, 0.717) is 41.4 Å². The fraction of sp³-hybridized carbons (Fsp3) is 0.263. The molecule has 0 radical (unpaired) electrons. The van der Waals surface area contributed by atoms with Crippen LogP contribution in [-0.2, 0) is 11.2 Å². The van der Waals surface area contributed by atoms with Gasteiger partial charge in [-0.3, -0.25) is 9.59 Å². The minimum Gasteiger partial charge on any atom is -0.497 e. The molecule has 26 heavy (non-hydrogen) atoms. The first-order chi connectivity index (χ1) is 12.6. The number of carbonyl (C=O) groups excluding carboxylic acids is 2. The zero-order chi connectivity index (χ0) is 18.9. The lowest BCUT2D eigenvalue weighted by atomic mass is 10.1. The predicted octanol–water partition coefficient (Wildman–Crippen LogP) is 1.57. The number of nitrogens with one attached hydrogen (secondary N) is 2. The zero-order valence-corrected chi connectivity index (χ0v) is 14.9. The van der Waals surface area contributed by atoms with Gasteiger partial charge < -0.3 is 25.8 Å². The summed E-state index contributed by atoms with van der Waals surface area (Å²) in [5.41, 5.74) is 6.91. The lowest BCUT2D eigenvalue weighted by Gasteiger charge is -2.13. The van der Waals surface area contributed by atoms with Crippen LogP contribution in [0.25, 0.3) is 0 Å². The van der Waals surface area contributed by atoms with E-state index in [-0.39, 0.29) is 18.2 Å². The second-order valence-corrected chi connectivity index (χ2v) is 5.49. The van der Waals surface area contributed by atoms with Crippen LogP contribution in [0.3, 0.4) is 0 Å². The monoisotopic (exact) mass is 357 g/mol. The van der Waals surface area contributed by atoms with Crippen molar-refractivity contribution in [2.24, 2.45) is 5.73 Å². The number of nitrogens with two attached hydrogens (primary N) is 1. The van der Waals surface area contributed by atoms with E-state index in [1.165, 1.54) is 0 Å². The van der Waals surface area contributed by atoms with Gasteiger partial charge in [-0.25, -0.2) is 0 Å². The lowest BCUT2D eigenvalue weighted by Crippen LogP contribution is -2.30. The Balaban J connectivity index is 2.15. The number of amides is 2. The highest BCUT2D eigenvalue weighted by molar-refractivity contribution is 6.04. The third-order valence-corrected chi connectivity index (χ3v) is 3.71. The molecule has 2 aromatic rings. The van der Waals surface area contributed by atoms with E-state index in [0.717, 1.165) is 0 Å². The minimum absolute atomic E-state index is 0.0825. The Kier molecular flexibility index (Phi) is 6.99. The van der Waals surface area contributed by atoms with Gasteiger partial charge in [0.1, 0.15) is 11.5 Å². The molecule has 0 aliphatic heterocycles. The maximum absolute atomic E-state index is 12.5. The molecule has 0 fully saturated rings. The summed E-state index contributed by atoms with van der Waals surface area (Å²) in [7, 11) is 3.10. The number of hydrogen-bond acceptors (Lipinski definition) is 5. The van der Waals surface area contributed by atoms with Crippen LogP contribution in [0.15, 0.2) is 42.5 Å². The van der Waals surface area contributed by atoms with Crippen LogP contribution >= 0.6 is 0 Å². The Morgan fingerprint density at radius 1 is 1.08 bits per heavy atom. The van der Waals surface area contributed by atoms with Crippen LogP contribution in [0.2, 0.25) is 0 Å². The number of carbonyl (C=O) groups is 2. The average molecular weight is 357 g/mol. The highest BCUT2D eigenvalue weighted by atomic mass is 16.5. The molecule has 7 nitrogen and oxygen atoms in total. The van der Waals surface area contributed by atoms with Gasteiger partial charge in [-0.15, -0.1) is 0 Å². The van der Waals surface area contributed by atoms with Crippen molar-refractivity contribution in [3.8, 4) is 11.5 Å². The van der Waals surface area contributed by atoms with Crippen molar-refractivity contribution < 1.29 is 19.1 Å². The van der Waals surface area contributed by atoms with Crippen LogP contribution in [0.5, 0.6) is 11.5 Å². The normalized spacial score (nSPS) is 10.1. The Bertz CT molecular complexity index is 777. The number of para-hydroxylation sites is 1. The quantitative estimate of drug-likeness (QED) is 0.665. The SMILES string of the molecule is COc1ccc(OC)c(CC(=O)Nc2ccccc2C(=O)NCCN)c1. The smallest absolute Gasteiger partial charge is 0.253 e. The molecule has 0 bridgehead atoms. The number of rotatable bonds is 8. The van der Waals surface area contributed by atoms with E-state index in [1.807, 2.05) is 0 Å². The number of benzene rings is 2. The van der Waals surface area contributed by atoms with E-state index in [9.17, 15) is 9.59 Å². The van der Waals surface area contributed by atoms with Gasteiger partial charge in [0.25, 0.3) is 5.91 Å².